The lowest BCUT2D eigenvalue weighted by atomic mass is 10.0. The molecule has 1 rings (SSSR count). The maximum atomic E-state index is 12.9. The van der Waals surface area contributed by atoms with E-state index in [-0.39, 0.29) is 5.82 Å². The summed E-state index contributed by atoms with van der Waals surface area (Å²) in [6.45, 7) is 4.35. The molecule has 1 aromatic rings. The van der Waals surface area contributed by atoms with Crippen LogP contribution in [0.15, 0.2) is 18.2 Å². The molecule has 0 saturated heterocycles. The summed E-state index contributed by atoms with van der Waals surface area (Å²) in [5.41, 5.74) is 0.839. The van der Waals surface area contributed by atoms with E-state index in [1.54, 1.807) is 6.07 Å². The molecule has 1 atom stereocenters. The van der Waals surface area contributed by atoms with Crippen LogP contribution < -0.4 is 0 Å². The van der Waals surface area contributed by atoms with Crippen molar-refractivity contribution in [2.45, 2.75) is 39.2 Å². The molecule has 1 unspecified atom stereocenters. The number of halogens is 2. The van der Waals surface area contributed by atoms with Crippen molar-refractivity contribution < 1.29 is 9.50 Å². The minimum atomic E-state index is -0.466. The lowest BCUT2D eigenvalue weighted by molar-refractivity contribution is 0.161. The molecule has 0 radical (unpaired) electrons. The van der Waals surface area contributed by atoms with E-state index in [0.717, 1.165) is 28.4 Å². The van der Waals surface area contributed by atoms with Crippen LogP contribution in [0.4, 0.5) is 4.39 Å². The van der Waals surface area contributed by atoms with E-state index in [2.05, 4.69) is 36.4 Å². The van der Waals surface area contributed by atoms with Crippen molar-refractivity contribution in [3.05, 3.63) is 33.1 Å². The number of aliphatic hydroxyl groups excluding tert-OH is 1. The maximum absolute atomic E-state index is 12.9. The molecule has 1 N–H and O–H groups in total. The van der Waals surface area contributed by atoms with Gasteiger partial charge in [0.25, 0.3) is 0 Å². The average molecular weight is 336 g/mol. The number of rotatable bonds is 5. The highest BCUT2D eigenvalue weighted by molar-refractivity contribution is 14.1. The molecule has 0 aromatic heterocycles. The molecular formula is C13H18FIO. The second kappa shape index (κ2) is 6.55. The second-order valence-electron chi connectivity index (χ2n) is 4.51. The van der Waals surface area contributed by atoms with E-state index < -0.39 is 6.10 Å². The van der Waals surface area contributed by atoms with E-state index in [9.17, 15) is 9.50 Å². The van der Waals surface area contributed by atoms with Gasteiger partial charge >= 0.3 is 0 Å². The second-order valence-corrected chi connectivity index (χ2v) is 5.67. The molecule has 0 fully saturated rings. The van der Waals surface area contributed by atoms with Crippen LogP contribution in [0.5, 0.6) is 0 Å². The van der Waals surface area contributed by atoms with Crippen molar-refractivity contribution in [1.82, 2.24) is 0 Å². The summed E-state index contributed by atoms with van der Waals surface area (Å²) >= 11 is 2.07. The van der Waals surface area contributed by atoms with Crippen LogP contribution in [0.25, 0.3) is 0 Å². The highest BCUT2D eigenvalue weighted by Crippen LogP contribution is 2.25. The molecular weight excluding hydrogens is 318 g/mol. The van der Waals surface area contributed by atoms with Crippen LogP contribution in [0.3, 0.4) is 0 Å². The number of aliphatic hydroxyl groups is 1. The molecule has 1 aromatic carbocycles. The normalized spacial score (nSPS) is 13.1. The number of hydrogen-bond donors (Lipinski definition) is 1. The van der Waals surface area contributed by atoms with Crippen LogP contribution in [0.1, 0.15) is 44.8 Å². The smallest absolute Gasteiger partial charge is 0.124 e. The van der Waals surface area contributed by atoms with Gasteiger partial charge in [0, 0.05) is 3.57 Å². The third kappa shape index (κ3) is 4.37. The topological polar surface area (TPSA) is 20.2 Å². The first kappa shape index (κ1) is 13.9. The van der Waals surface area contributed by atoms with E-state index in [1.165, 1.54) is 12.1 Å². The summed E-state index contributed by atoms with van der Waals surface area (Å²) < 4.78 is 13.7. The Morgan fingerprint density at radius 2 is 2.00 bits per heavy atom. The zero-order valence-electron chi connectivity index (χ0n) is 9.71. The van der Waals surface area contributed by atoms with Gasteiger partial charge in [-0.15, -0.1) is 0 Å². The van der Waals surface area contributed by atoms with Gasteiger partial charge in [0.1, 0.15) is 5.82 Å². The summed E-state index contributed by atoms with van der Waals surface area (Å²) in [6, 6.07) is 4.54. The Kier molecular flexibility index (Phi) is 5.69. The van der Waals surface area contributed by atoms with Crippen molar-refractivity contribution in [3.63, 3.8) is 0 Å². The predicted molar refractivity (Wildman–Crippen MR) is 72.8 cm³/mol. The molecule has 0 saturated carbocycles. The summed E-state index contributed by atoms with van der Waals surface area (Å²) in [5.74, 6) is 0.419. The summed E-state index contributed by atoms with van der Waals surface area (Å²) in [7, 11) is 0. The Hall–Kier alpha value is -0.160. The molecule has 0 bridgehead atoms. The van der Waals surface area contributed by atoms with Crippen LogP contribution in [0, 0.1) is 15.3 Å². The Balaban J connectivity index is 2.55. The van der Waals surface area contributed by atoms with Crippen LogP contribution >= 0.6 is 22.6 Å². The molecule has 90 valence electrons. The van der Waals surface area contributed by atoms with Crippen molar-refractivity contribution in [1.29, 1.82) is 0 Å². The summed E-state index contributed by atoms with van der Waals surface area (Å²) in [4.78, 5) is 0. The largest absolute Gasteiger partial charge is 0.388 e. The minimum absolute atomic E-state index is 0.248. The monoisotopic (exact) mass is 336 g/mol. The zero-order chi connectivity index (χ0) is 12.1. The molecule has 3 heteroatoms. The molecule has 16 heavy (non-hydrogen) atoms. The average Bonchev–Trinajstić information content (AvgIpc) is 2.16. The van der Waals surface area contributed by atoms with Gasteiger partial charge in [0.05, 0.1) is 6.10 Å². The minimum Gasteiger partial charge on any atom is -0.388 e. The third-order valence-corrected chi connectivity index (χ3v) is 3.51. The first-order valence-electron chi connectivity index (χ1n) is 5.63. The fraction of sp³-hybridized carbons (Fsp3) is 0.538. The van der Waals surface area contributed by atoms with E-state index >= 15 is 0 Å². The van der Waals surface area contributed by atoms with E-state index in [1.807, 2.05) is 0 Å². The van der Waals surface area contributed by atoms with Crippen molar-refractivity contribution in [3.8, 4) is 0 Å². The fourth-order valence-electron chi connectivity index (χ4n) is 1.65. The zero-order valence-corrected chi connectivity index (χ0v) is 11.9. The Morgan fingerprint density at radius 1 is 1.31 bits per heavy atom. The van der Waals surface area contributed by atoms with Gasteiger partial charge in [-0.05, 0) is 52.6 Å². The third-order valence-electron chi connectivity index (χ3n) is 2.58. The highest BCUT2D eigenvalue weighted by Gasteiger charge is 2.11. The van der Waals surface area contributed by atoms with Gasteiger partial charge in [0.2, 0.25) is 0 Å². The molecule has 0 aliphatic heterocycles. The van der Waals surface area contributed by atoms with Gasteiger partial charge < -0.3 is 5.11 Å². The Morgan fingerprint density at radius 3 is 2.56 bits per heavy atom. The lowest BCUT2D eigenvalue weighted by Gasteiger charge is -2.13. The first-order valence-corrected chi connectivity index (χ1v) is 6.71. The van der Waals surface area contributed by atoms with Gasteiger partial charge in [0.15, 0.2) is 0 Å². The van der Waals surface area contributed by atoms with Crippen LogP contribution in [-0.4, -0.2) is 5.11 Å². The van der Waals surface area contributed by atoms with Crippen LogP contribution in [0.2, 0.25) is 0 Å². The van der Waals surface area contributed by atoms with Crippen molar-refractivity contribution in [2.75, 3.05) is 0 Å². The van der Waals surface area contributed by atoms with E-state index in [4.69, 9.17) is 0 Å². The Labute approximate surface area is 110 Å². The SMILES string of the molecule is CC(C)CCCC(O)c1ccc(F)cc1I. The van der Waals surface area contributed by atoms with Gasteiger partial charge in [-0.2, -0.15) is 0 Å². The molecule has 1 nitrogen and oxygen atoms in total. The van der Waals surface area contributed by atoms with Gasteiger partial charge in [-0.3, -0.25) is 0 Å². The first-order chi connectivity index (χ1) is 7.50. The van der Waals surface area contributed by atoms with E-state index in [0.29, 0.717) is 5.92 Å². The fourth-order valence-corrected chi connectivity index (χ4v) is 2.48. The number of hydrogen-bond acceptors (Lipinski definition) is 1. The molecule has 0 amide bonds. The summed E-state index contributed by atoms with van der Waals surface area (Å²) in [6.07, 6.45) is 2.41. The number of benzene rings is 1. The molecule has 0 aliphatic rings. The predicted octanol–water partition coefficient (Wildman–Crippen LogP) is 4.29. The van der Waals surface area contributed by atoms with Crippen LogP contribution in [-0.2, 0) is 0 Å². The molecule has 0 aliphatic carbocycles. The molecule has 0 spiro atoms. The lowest BCUT2D eigenvalue weighted by Crippen LogP contribution is -2.01. The van der Waals surface area contributed by atoms with Crippen molar-refractivity contribution >= 4 is 22.6 Å². The molecule has 0 heterocycles. The highest BCUT2D eigenvalue weighted by atomic mass is 127. The van der Waals surface area contributed by atoms with Crippen molar-refractivity contribution in [2.24, 2.45) is 5.92 Å². The maximum Gasteiger partial charge on any atom is 0.124 e. The quantitative estimate of drug-likeness (QED) is 0.796. The van der Waals surface area contributed by atoms with Gasteiger partial charge in [-0.25, -0.2) is 4.39 Å². The summed E-state index contributed by atoms with van der Waals surface area (Å²) in [5, 5.41) is 9.98. The Bertz CT molecular complexity index is 339. The van der Waals surface area contributed by atoms with Gasteiger partial charge in [-0.1, -0.05) is 32.8 Å². The standard InChI is InChI=1S/C13H18FIO/c1-9(2)4-3-5-13(16)11-7-6-10(14)8-12(11)15/h6-9,13,16H,3-5H2,1-2H3.